The maximum absolute atomic E-state index is 6.12. The lowest BCUT2D eigenvalue weighted by Crippen LogP contribution is -3.00. The highest BCUT2D eigenvalue weighted by atomic mass is 79.9. The van der Waals surface area contributed by atoms with Crippen LogP contribution in [0.5, 0.6) is 0 Å². The van der Waals surface area contributed by atoms with Crippen LogP contribution in [0.3, 0.4) is 0 Å². The van der Waals surface area contributed by atoms with Gasteiger partial charge in [-0.15, -0.1) is 0 Å². The second-order valence-electron chi connectivity index (χ2n) is 6.15. The topological polar surface area (TPSA) is 9.23 Å². The Kier molecular flexibility index (Phi) is 5.76. The van der Waals surface area contributed by atoms with Gasteiger partial charge in [-0.3, -0.25) is 0 Å². The van der Waals surface area contributed by atoms with E-state index in [0.717, 1.165) is 17.1 Å². The number of rotatable bonds is 3. The molecule has 0 aliphatic carbocycles. The van der Waals surface area contributed by atoms with Gasteiger partial charge in [0.1, 0.15) is 35.3 Å². The number of ether oxygens (including phenoxy) is 1. The Morgan fingerprint density at radius 2 is 1.08 bits per heavy atom. The van der Waals surface area contributed by atoms with Crippen molar-refractivity contribution in [3.05, 3.63) is 114 Å². The highest BCUT2D eigenvalue weighted by Crippen LogP contribution is 2.63. The number of allylic oxidation sites excluding steroid dienone is 1. The molecule has 1 aliphatic rings. The van der Waals surface area contributed by atoms with Crippen LogP contribution in [0.15, 0.2) is 108 Å². The third-order valence-electron chi connectivity index (χ3n) is 4.40. The molecule has 0 aromatic heterocycles. The van der Waals surface area contributed by atoms with Gasteiger partial charge < -0.3 is 21.7 Å². The molecule has 1 heterocycles. The minimum Gasteiger partial charge on any atom is -1.00 e. The van der Waals surface area contributed by atoms with Crippen molar-refractivity contribution in [3.63, 3.8) is 0 Å². The van der Waals surface area contributed by atoms with Crippen LogP contribution in [0.4, 0.5) is 0 Å². The van der Waals surface area contributed by atoms with Gasteiger partial charge in [0.05, 0.1) is 0 Å². The van der Waals surface area contributed by atoms with E-state index in [9.17, 15) is 0 Å². The summed E-state index contributed by atoms with van der Waals surface area (Å²) in [6, 6.07) is 31.9. The maximum Gasteiger partial charge on any atom is 0.170 e. The first-order chi connectivity index (χ1) is 12.3. The van der Waals surface area contributed by atoms with Crippen molar-refractivity contribution in [2.24, 2.45) is 0 Å². The van der Waals surface area contributed by atoms with E-state index in [2.05, 4.69) is 103 Å². The van der Waals surface area contributed by atoms with Crippen LogP contribution in [0.1, 0.15) is 12.5 Å². The molecular formula is C23H20BrOP. The smallest absolute Gasteiger partial charge is 0.170 e. The number of hydrogen-bond donors (Lipinski definition) is 0. The van der Waals surface area contributed by atoms with E-state index in [0.29, 0.717) is 0 Å². The summed E-state index contributed by atoms with van der Waals surface area (Å²) in [5.74, 6) is 6.58. The standard InChI is InChI=1S/C23H20OP.BrH/c1-19-17-25(21-13-7-3-8-14-21,22-15-9-4-10-16-22)18-23(24-19)20-11-5-2-6-12-20;/h2-18H,1H3;1H/q+1;/p-1. The number of benzene rings is 3. The second-order valence-corrected chi connectivity index (χ2v) is 9.25. The van der Waals surface area contributed by atoms with E-state index in [1.165, 1.54) is 10.6 Å². The van der Waals surface area contributed by atoms with Crippen LogP contribution in [-0.4, -0.2) is 0 Å². The molecule has 0 unspecified atom stereocenters. The molecule has 1 aliphatic heterocycles. The molecule has 0 fully saturated rings. The third-order valence-corrected chi connectivity index (χ3v) is 8.12. The van der Waals surface area contributed by atoms with E-state index >= 15 is 0 Å². The molecule has 0 saturated carbocycles. The molecular weight excluding hydrogens is 403 g/mol. The molecule has 0 spiro atoms. The number of halogens is 1. The normalized spacial score (nSPS) is 15.1. The molecule has 0 amide bonds. The van der Waals surface area contributed by atoms with Gasteiger partial charge >= 0.3 is 0 Å². The van der Waals surface area contributed by atoms with Gasteiger partial charge in [0, 0.05) is 5.56 Å². The molecule has 0 atom stereocenters. The lowest BCUT2D eigenvalue weighted by molar-refractivity contribution is -0.00000568. The molecule has 0 N–H and O–H groups in total. The van der Waals surface area contributed by atoms with E-state index < -0.39 is 7.26 Å². The largest absolute Gasteiger partial charge is 1.00 e. The van der Waals surface area contributed by atoms with Gasteiger partial charge in [0.2, 0.25) is 0 Å². The second kappa shape index (κ2) is 8.03. The zero-order valence-corrected chi connectivity index (χ0v) is 17.0. The summed E-state index contributed by atoms with van der Waals surface area (Å²) in [7, 11) is -1.82. The summed E-state index contributed by atoms with van der Waals surface area (Å²) < 4.78 is 6.12. The molecule has 3 aromatic rings. The fraction of sp³-hybridized carbons (Fsp3) is 0.0435. The average Bonchev–Trinajstić information content (AvgIpc) is 2.69. The van der Waals surface area contributed by atoms with Gasteiger partial charge in [-0.2, -0.15) is 0 Å². The molecule has 3 heteroatoms. The average molecular weight is 423 g/mol. The highest BCUT2D eigenvalue weighted by molar-refractivity contribution is 7.94. The summed E-state index contributed by atoms with van der Waals surface area (Å²) in [5.41, 5.74) is 1.12. The molecule has 0 bridgehead atoms. The Hall–Kier alpha value is -2.15. The Morgan fingerprint density at radius 1 is 0.615 bits per heavy atom. The molecule has 0 radical (unpaired) electrons. The summed E-state index contributed by atoms with van der Waals surface area (Å²) in [5, 5.41) is 2.69. The number of hydrogen-bond acceptors (Lipinski definition) is 1. The first-order valence-electron chi connectivity index (χ1n) is 8.43. The lowest BCUT2D eigenvalue weighted by atomic mass is 10.2. The fourth-order valence-electron chi connectivity index (χ4n) is 3.27. The Bertz CT molecular complexity index is 879. The monoisotopic (exact) mass is 422 g/mol. The quantitative estimate of drug-likeness (QED) is 0.589. The predicted octanol–water partition coefficient (Wildman–Crippen LogP) is 2.55. The Balaban J connectivity index is 0.00000196. The molecule has 1 nitrogen and oxygen atoms in total. The summed E-state index contributed by atoms with van der Waals surface area (Å²) in [6.07, 6.45) is 0. The minimum absolute atomic E-state index is 0. The Labute approximate surface area is 166 Å². The van der Waals surface area contributed by atoms with Crippen molar-refractivity contribution in [1.82, 2.24) is 0 Å². The van der Waals surface area contributed by atoms with Crippen LogP contribution in [0.25, 0.3) is 5.76 Å². The van der Waals surface area contributed by atoms with Gasteiger partial charge in [0.15, 0.2) is 5.76 Å². The van der Waals surface area contributed by atoms with Crippen molar-refractivity contribution in [2.45, 2.75) is 6.92 Å². The Morgan fingerprint density at radius 3 is 1.58 bits per heavy atom. The first kappa shape index (κ1) is 18.6. The molecule has 0 saturated heterocycles. The summed E-state index contributed by atoms with van der Waals surface area (Å²) >= 11 is 0. The maximum atomic E-state index is 6.12. The minimum atomic E-state index is -1.82. The molecule has 26 heavy (non-hydrogen) atoms. The van der Waals surface area contributed by atoms with Crippen LogP contribution < -0.4 is 27.6 Å². The van der Waals surface area contributed by atoms with Crippen molar-refractivity contribution in [2.75, 3.05) is 0 Å². The van der Waals surface area contributed by atoms with Crippen molar-refractivity contribution < 1.29 is 21.7 Å². The fourth-order valence-corrected chi connectivity index (χ4v) is 6.77. The SMILES string of the molecule is CC1=C[P+](c2ccccc2)(c2ccccc2)C=C(c2ccccc2)O1.[Br-]. The predicted molar refractivity (Wildman–Crippen MR) is 108 cm³/mol. The molecule has 4 rings (SSSR count). The van der Waals surface area contributed by atoms with Gasteiger partial charge in [-0.25, -0.2) is 0 Å². The van der Waals surface area contributed by atoms with Gasteiger partial charge in [0.25, 0.3) is 0 Å². The van der Waals surface area contributed by atoms with Crippen LogP contribution >= 0.6 is 7.26 Å². The zero-order valence-electron chi connectivity index (χ0n) is 14.5. The van der Waals surface area contributed by atoms with Crippen LogP contribution in [0, 0.1) is 0 Å². The first-order valence-corrected chi connectivity index (χ1v) is 10.4. The third kappa shape index (κ3) is 3.53. The zero-order chi connectivity index (χ0) is 17.1. The molecule has 3 aromatic carbocycles. The van der Waals surface area contributed by atoms with Crippen molar-refractivity contribution >= 4 is 23.6 Å². The summed E-state index contributed by atoms with van der Waals surface area (Å²) in [6.45, 7) is 2.05. The summed E-state index contributed by atoms with van der Waals surface area (Å²) in [4.78, 5) is 0. The van der Waals surface area contributed by atoms with E-state index in [1.807, 2.05) is 6.07 Å². The van der Waals surface area contributed by atoms with Gasteiger partial charge in [-0.1, -0.05) is 66.7 Å². The van der Waals surface area contributed by atoms with Crippen molar-refractivity contribution in [1.29, 1.82) is 0 Å². The lowest BCUT2D eigenvalue weighted by Gasteiger charge is -2.26. The van der Waals surface area contributed by atoms with E-state index in [1.54, 1.807) is 0 Å². The van der Waals surface area contributed by atoms with Crippen LogP contribution in [-0.2, 0) is 4.74 Å². The van der Waals surface area contributed by atoms with E-state index in [-0.39, 0.29) is 17.0 Å². The van der Waals surface area contributed by atoms with Crippen molar-refractivity contribution in [3.8, 4) is 0 Å². The molecule has 130 valence electrons. The van der Waals surface area contributed by atoms with Crippen LogP contribution in [0.2, 0.25) is 0 Å². The van der Waals surface area contributed by atoms with Gasteiger partial charge in [-0.05, 0) is 31.2 Å². The highest BCUT2D eigenvalue weighted by Gasteiger charge is 2.43. The van der Waals surface area contributed by atoms with E-state index in [4.69, 9.17) is 4.74 Å².